The minimum atomic E-state index is 0.262. The van der Waals surface area contributed by atoms with Crippen LogP contribution in [-0.2, 0) is 6.42 Å². The molecule has 0 aliphatic rings. The molecule has 4 heteroatoms. The van der Waals surface area contributed by atoms with Crippen LogP contribution in [0.3, 0.4) is 0 Å². The van der Waals surface area contributed by atoms with Crippen molar-refractivity contribution < 1.29 is 5.11 Å². The normalized spacial score (nSPS) is 10.6. The van der Waals surface area contributed by atoms with Crippen molar-refractivity contribution in [3.63, 3.8) is 0 Å². The molecule has 0 fully saturated rings. The number of alkyl halides is 1. The third kappa shape index (κ3) is 2.55. The second-order valence-corrected chi connectivity index (χ2v) is 3.98. The van der Waals surface area contributed by atoms with E-state index in [0.29, 0.717) is 5.88 Å². The molecule has 0 amide bonds. The highest BCUT2D eigenvalue weighted by atomic mass is 35.5. The minimum absolute atomic E-state index is 0.262. The van der Waals surface area contributed by atoms with Gasteiger partial charge in [0, 0.05) is 12.1 Å². The van der Waals surface area contributed by atoms with E-state index in [-0.39, 0.29) is 5.75 Å². The molecule has 0 atom stereocenters. The lowest BCUT2D eigenvalue weighted by Crippen LogP contribution is -1.93. The van der Waals surface area contributed by atoms with Crippen molar-refractivity contribution in [1.82, 2.24) is 9.78 Å². The van der Waals surface area contributed by atoms with Crippen molar-refractivity contribution in [3.05, 3.63) is 42.2 Å². The fourth-order valence-corrected chi connectivity index (χ4v) is 1.64. The Morgan fingerprint density at radius 1 is 1.25 bits per heavy atom. The van der Waals surface area contributed by atoms with Crippen molar-refractivity contribution in [3.8, 4) is 11.4 Å². The van der Waals surface area contributed by atoms with Gasteiger partial charge in [0.25, 0.3) is 0 Å². The van der Waals surface area contributed by atoms with Gasteiger partial charge < -0.3 is 5.11 Å². The van der Waals surface area contributed by atoms with E-state index >= 15 is 0 Å². The lowest BCUT2D eigenvalue weighted by molar-refractivity contribution is 0.475. The second-order valence-electron chi connectivity index (χ2n) is 3.60. The molecule has 0 radical (unpaired) electrons. The SMILES string of the molecule is Oc1ccc(-n2cc(CCCCl)cn2)cc1. The van der Waals surface area contributed by atoms with Gasteiger partial charge in [0.05, 0.1) is 11.9 Å². The average Bonchev–Trinajstić information content (AvgIpc) is 2.76. The van der Waals surface area contributed by atoms with Crippen molar-refractivity contribution >= 4 is 11.6 Å². The molecule has 84 valence electrons. The monoisotopic (exact) mass is 236 g/mol. The summed E-state index contributed by atoms with van der Waals surface area (Å²) in [5.41, 5.74) is 2.11. The Morgan fingerprint density at radius 3 is 2.69 bits per heavy atom. The van der Waals surface area contributed by atoms with E-state index in [2.05, 4.69) is 5.10 Å². The van der Waals surface area contributed by atoms with E-state index in [1.165, 1.54) is 5.56 Å². The molecule has 0 aliphatic heterocycles. The van der Waals surface area contributed by atoms with Crippen LogP contribution in [0.1, 0.15) is 12.0 Å². The molecule has 3 nitrogen and oxygen atoms in total. The number of halogens is 1. The van der Waals surface area contributed by atoms with Crippen LogP contribution in [0.5, 0.6) is 5.75 Å². The minimum Gasteiger partial charge on any atom is -0.508 e. The van der Waals surface area contributed by atoms with Crippen LogP contribution in [0.15, 0.2) is 36.7 Å². The van der Waals surface area contributed by atoms with Gasteiger partial charge in [-0.1, -0.05) is 0 Å². The number of rotatable bonds is 4. The first-order valence-electron chi connectivity index (χ1n) is 5.18. The highest BCUT2D eigenvalue weighted by Gasteiger charge is 2.00. The fraction of sp³-hybridized carbons (Fsp3) is 0.250. The molecule has 1 aromatic heterocycles. The smallest absolute Gasteiger partial charge is 0.115 e. The third-order valence-corrected chi connectivity index (χ3v) is 2.62. The summed E-state index contributed by atoms with van der Waals surface area (Å²) in [5.74, 6) is 0.933. The number of aromatic nitrogens is 2. The largest absolute Gasteiger partial charge is 0.508 e. The fourth-order valence-electron chi connectivity index (χ4n) is 1.51. The summed E-state index contributed by atoms with van der Waals surface area (Å²) in [6.45, 7) is 0. The van der Waals surface area contributed by atoms with Gasteiger partial charge in [0.1, 0.15) is 5.75 Å². The Kier molecular flexibility index (Phi) is 3.47. The average molecular weight is 237 g/mol. The van der Waals surface area contributed by atoms with Gasteiger partial charge in [-0.3, -0.25) is 0 Å². The van der Waals surface area contributed by atoms with E-state index in [9.17, 15) is 5.11 Å². The molecular formula is C12H13ClN2O. The van der Waals surface area contributed by atoms with Gasteiger partial charge in [-0.2, -0.15) is 5.10 Å². The molecule has 1 heterocycles. The summed E-state index contributed by atoms with van der Waals surface area (Å²) < 4.78 is 1.79. The predicted molar refractivity (Wildman–Crippen MR) is 64.3 cm³/mol. The van der Waals surface area contributed by atoms with Crippen LogP contribution < -0.4 is 0 Å². The molecule has 0 saturated carbocycles. The van der Waals surface area contributed by atoms with Gasteiger partial charge in [-0.25, -0.2) is 4.68 Å². The van der Waals surface area contributed by atoms with Crippen LogP contribution in [0.2, 0.25) is 0 Å². The number of benzene rings is 1. The number of hydrogen-bond acceptors (Lipinski definition) is 2. The Balaban J connectivity index is 2.15. The summed E-state index contributed by atoms with van der Waals surface area (Å²) in [7, 11) is 0. The molecule has 0 bridgehead atoms. The van der Waals surface area contributed by atoms with Gasteiger partial charge in [-0.15, -0.1) is 11.6 Å². The molecule has 0 saturated heterocycles. The first-order chi connectivity index (χ1) is 7.79. The molecule has 16 heavy (non-hydrogen) atoms. The first-order valence-corrected chi connectivity index (χ1v) is 5.72. The van der Waals surface area contributed by atoms with Crippen LogP contribution in [-0.4, -0.2) is 20.8 Å². The summed E-state index contributed by atoms with van der Waals surface area (Å²) in [6.07, 6.45) is 5.74. The molecular weight excluding hydrogens is 224 g/mol. The van der Waals surface area contributed by atoms with Gasteiger partial charge >= 0.3 is 0 Å². The maximum Gasteiger partial charge on any atom is 0.115 e. The number of hydrogen-bond donors (Lipinski definition) is 1. The molecule has 2 aromatic rings. The summed E-state index contributed by atoms with van der Waals surface area (Å²) in [6, 6.07) is 6.95. The molecule has 1 aromatic carbocycles. The zero-order valence-corrected chi connectivity index (χ0v) is 9.56. The van der Waals surface area contributed by atoms with Crippen molar-refractivity contribution in [2.75, 3.05) is 5.88 Å². The number of aryl methyl sites for hydroxylation is 1. The number of aromatic hydroxyl groups is 1. The van der Waals surface area contributed by atoms with E-state index in [1.807, 2.05) is 24.5 Å². The molecule has 1 N–H and O–H groups in total. The standard InChI is InChI=1S/C12H13ClN2O/c13-7-1-2-10-8-14-15(9-10)11-3-5-12(16)6-4-11/h3-6,8-9,16H,1-2,7H2. The first kappa shape index (κ1) is 11.0. The van der Waals surface area contributed by atoms with Gasteiger partial charge in [0.15, 0.2) is 0 Å². The molecule has 0 aliphatic carbocycles. The van der Waals surface area contributed by atoms with Crippen LogP contribution >= 0.6 is 11.6 Å². The third-order valence-electron chi connectivity index (χ3n) is 2.35. The lowest BCUT2D eigenvalue weighted by atomic mass is 10.2. The van der Waals surface area contributed by atoms with Crippen LogP contribution in [0, 0.1) is 0 Å². The van der Waals surface area contributed by atoms with Gasteiger partial charge in [-0.05, 0) is 42.7 Å². The summed E-state index contributed by atoms with van der Waals surface area (Å²) >= 11 is 5.64. The molecule has 0 unspecified atom stereocenters. The number of phenolic OH excluding ortho intramolecular Hbond substituents is 1. The zero-order valence-electron chi connectivity index (χ0n) is 8.81. The van der Waals surface area contributed by atoms with Crippen molar-refractivity contribution in [2.24, 2.45) is 0 Å². The predicted octanol–water partition coefficient (Wildman–Crippen LogP) is 2.75. The van der Waals surface area contributed by atoms with E-state index in [4.69, 9.17) is 11.6 Å². The van der Waals surface area contributed by atoms with Crippen LogP contribution in [0.25, 0.3) is 5.69 Å². The lowest BCUT2D eigenvalue weighted by Gasteiger charge is -2.00. The van der Waals surface area contributed by atoms with Crippen molar-refractivity contribution in [1.29, 1.82) is 0 Å². The maximum atomic E-state index is 9.18. The topological polar surface area (TPSA) is 38.0 Å². The zero-order chi connectivity index (χ0) is 11.4. The van der Waals surface area contributed by atoms with E-state index < -0.39 is 0 Å². The summed E-state index contributed by atoms with van der Waals surface area (Å²) in [5, 5.41) is 13.4. The Labute approximate surface area is 99.3 Å². The van der Waals surface area contributed by atoms with Crippen molar-refractivity contribution in [2.45, 2.75) is 12.8 Å². The van der Waals surface area contributed by atoms with E-state index in [1.54, 1.807) is 16.8 Å². The Hall–Kier alpha value is -1.48. The number of phenols is 1. The highest BCUT2D eigenvalue weighted by Crippen LogP contribution is 2.14. The Bertz CT molecular complexity index is 450. The van der Waals surface area contributed by atoms with E-state index in [0.717, 1.165) is 18.5 Å². The maximum absolute atomic E-state index is 9.18. The highest BCUT2D eigenvalue weighted by molar-refractivity contribution is 6.17. The second kappa shape index (κ2) is 5.03. The molecule has 2 rings (SSSR count). The van der Waals surface area contributed by atoms with Gasteiger partial charge in [0.2, 0.25) is 0 Å². The quantitative estimate of drug-likeness (QED) is 0.829. The Morgan fingerprint density at radius 2 is 2.00 bits per heavy atom. The number of nitrogens with zero attached hydrogens (tertiary/aromatic N) is 2. The van der Waals surface area contributed by atoms with Crippen LogP contribution in [0.4, 0.5) is 0 Å². The molecule has 0 spiro atoms. The summed E-state index contributed by atoms with van der Waals surface area (Å²) in [4.78, 5) is 0.